The van der Waals surface area contributed by atoms with Gasteiger partial charge in [-0.05, 0) is 12.1 Å². The van der Waals surface area contributed by atoms with Gasteiger partial charge in [0.25, 0.3) is 0 Å². The fourth-order valence-electron chi connectivity index (χ4n) is 1.24. The number of benzene rings is 1. The van der Waals surface area contributed by atoms with Crippen molar-refractivity contribution < 1.29 is 8.78 Å². The number of aromatic nitrogens is 3. The number of rotatable bonds is 2. The highest BCUT2D eigenvalue weighted by molar-refractivity contribution is 5.32. The molecule has 0 saturated carbocycles. The molecule has 0 aliphatic rings. The molecule has 2 rings (SSSR count). The van der Waals surface area contributed by atoms with Gasteiger partial charge in [-0.15, -0.1) is 0 Å². The first kappa shape index (κ1) is 9.76. The van der Waals surface area contributed by atoms with E-state index in [4.69, 9.17) is 0 Å². The predicted octanol–water partition coefficient (Wildman–Crippen LogP) is 2.11. The number of hydrogen-bond acceptors (Lipinski definition) is 2. The first-order valence-corrected chi connectivity index (χ1v) is 4.56. The van der Waals surface area contributed by atoms with Gasteiger partial charge in [-0.25, -0.2) is 18.4 Å². The van der Waals surface area contributed by atoms with Crippen molar-refractivity contribution in [1.82, 2.24) is 14.8 Å². The van der Waals surface area contributed by atoms with Crippen molar-refractivity contribution in [3.05, 3.63) is 42.0 Å². The van der Waals surface area contributed by atoms with E-state index in [2.05, 4.69) is 10.1 Å². The van der Waals surface area contributed by atoms with E-state index in [9.17, 15) is 8.78 Å². The summed E-state index contributed by atoms with van der Waals surface area (Å²) in [6.07, 6.45) is 2.09. The SMILES string of the molecule is CCc1ncn(-c2ccc(F)cc2F)n1. The standard InChI is InChI=1S/C10H9F2N3/c1-2-10-13-6-15(14-10)9-4-3-7(11)5-8(9)12/h3-6H,2H2,1H3. The minimum Gasteiger partial charge on any atom is -0.220 e. The lowest BCUT2D eigenvalue weighted by Gasteiger charge is -2.01. The summed E-state index contributed by atoms with van der Waals surface area (Å²) in [6.45, 7) is 1.90. The van der Waals surface area contributed by atoms with E-state index in [1.165, 1.54) is 23.1 Å². The molecule has 1 heterocycles. The second kappa shape index (κ2) is 3.76. The van der Waals surface area contributed by atoms with Crippen LogP contribution < -0.4 is 0 Å². The monoisotopic (exact) mass is 209 g/mol. The van der Waals surface area contributed by atoms with Crippen LogP contribution in [0.25, 0.3) is 5.69 Å². The number of nitrogens with zero attached hydrogens (tertiary/aromatic N) is 3. The van der Waals surface area contributed by atoms with Crippen molar-refractivity contribution in [3.8, 4) is 5.69 Å². The second-order valence-corrected chi connectivity index (χ2v) is 3.05. The van der Waals surface area contributed by atoms with E-state index in [1.54, 1.807) is 0 Å². The van der Waals surface area contributed by atoms with Gasteiger partial charge in [-0.3, -0.25) is 0 Å². The average Bonchev–Trinajstić information content (AvgIpc) is 2.66. The van der Waals surface area contributed by atoms with Crippen LogP contribution in [0.15, 0.2) is 24.5 Å². The smallest absolute Gasteiger partial charge is 0.151 e. The van der Waals surface area contributed by atoms with E-state index < -0.39 is 11.6 Å². The first-order chi connectivity index (χ1) is 7.20. The molecule has 3 nitrogen and oxygen atoms in total. The molecule has 0 spiro atoms. The van der Waals surface area contributed by atoms with Gasteiger partial charge in [0.05, 0.1) is 0 Å². The third-order valence-corrected chi connectivity index (χ3v) is 2.01. The Bertz CT molecular complexity index is 479. The lowest BCUT2D eigenvalue weighted by Crippen LogP contribution is -1.99. The lowest BCUT2D eigenvalue weighted by molar-refractivity contribution is 0.573. The summed E-state index contributed by atoms with van der Waals surface area (Å²) < 4.78 is 27.3. The molecule has 0 unspecified atom stereocenters. The molecule has 15 heavy (non-hydrogen) atoms. The van der Waals surface area contributed by atoms with Crippen molar-refractivity contribution in [1.29, 1.82) is 0 Å². The van der Waals surface area contributed by atoms with E-state index in [-0.39, 0.29) is 5.69 Å². The average molecular weight is 209 g/mol. The fraction of sp³-hybridized carbons (Fsp3) is 0.200. The van der Waals surface area contributed by atoms with Gasteiger partial charge in [0.1, 0.15) is 17.8 Å². The van der Waals surface area contributed by atoms with Gasteiger partial charge in [-0.2, -0.15) is 5.10 Å². The topological polar surface area (TPSA) is 30.7 Å². The Labute approximate surface area is 85.4 Å². The molecule has 0 atom stereocenters. The summed E-state index contributed by atoms with van der Waals surface area (Å²) in [7, 11) is 0. The first-order valence-electron chi connectivity index (χ1n) is 4.56. The fourth-order valence-corrected chi connectivity index (χ4v) is 1.24. The Morgan fingerprint density at radius 1 is 1.33 bits per heavy atom. The van der Waals surface area contributed by atoms with E-state index >= 15 is 0 Å². The third-order valence-electron chi connectivity index (χ3n) is 2.01. The molecule has 2 aromatic rings. The Kier molecular flexibility index (Phi) is 2.45. The van der Waals surface area contributed by atoms with Crippen LogP contribution in [0.2, 0.25) is 0 Å². The van der Waals surface area contributed by atoms with Crippen molar-refractivity contribution in [2.75, 3.05) is 0 Å². The van der Waals surface area contributed by atoms with Crippen molar-refractivity contribution in [2.45, 2.75) is 13.3 Å². The highest BCUT2D eigenvalue weighted by atomic mass is 19.1. The molecule has 0 amide bonds. The maximum Gasteiger partial charge on any atom is 0.151 e. The van der Waals surface area contributed by atoms with Crippen LogP contribution in [-0.4, -0.2) is 14.8 Å². The summed E-state index contributed by atoms with van der Waals surface area (Å²) >= 11 is 0. The van der Waals surface area contributed by atoms with E-state index in [0.29, 0.717) is 12.2 Å². The molecule has 0 radical (unpaired) electrons. The molecule has 1 aromatic carbocycles. The second-order valence-electron chi connectivity index (χ2n) is 3.05. The third kappa shape index (κ3) is 1.86. The zero-order valence-electron chi connectivity index (χ0n) is 8.11. The quantitative estimate of drug-likeness (QED) is 0.758. The molecule has 0 bridgehead atoms. The molecule has 0 aliphatic heterocycles. The summed E-state index contributed by atoms with van der Waals surface area (Å²) in [4.78, 5) is 3.97. The van der Waals surface area contributed by atoms with Gasteiger partial charge in [0.15, 0.2) is 11.6 Å². The maximum atomic E-state index is 13.3. The molecule has 0 aliphatic carbocycles. The molecular weight excluding hydrogens is 200 g/mol. The number of aryl methyl sites for hydroxylation is 1. The Morgan fingerprint density at radius 2 is 2.13 bits per heavy atom. The zero-order valence-corrected chi connectivity index (χ0v) is 8.11. The number of halogens is 2. The largest absolute Gasteiger partial charge is 0.220 e. The molecule has 78 valence electrons. The number of hydrogen-bond donors (Lipinski definition) is 0. The lowest BCUT2D eigenvalue weighted by atomic mass is 10.3. The van der Waals surface area contributed by atoms with Gasteiger partial charge in [0, 0.05) is 12.5 Å². The van der Waals surface area contributed by atoms with Crippen LogP contribution in [0, 0.1) is 11.6 Å². The summed E-state index contributed by atoms with van der Waals surface area (Å²) in [5, 5.41) is 4.03. The van der Waals surface area contributed by atoms with Crippen LogP contribution >= 0.6 is 0 Å². The summed E-state index contributed by atoms with van der Waals surface area (Å²) in [6, 6.07) is 3.34. The predicted molar refractivity (Wildman–Crippen MR) is 50.7 cm³/mol. The van der Waals surface area contributed by atoms with Gasteiger partial charge in [0.2, 0.25) is 0 Å². The molecular formula is C10H9F2N3. The van der Waals surface area contributed by atoms with Crippen molar-refractivity contribution in [2.24, 2.45) is 0 Å². The molecule has 0 saturated heterocycles. The minimum absolute atomic E-state index is 0.198. The summed E-state index contributed by atoms with van der Waals surface area (Å²) in [5.74, 6) is -0.631. The molecule has 5 heteroatoms. The molecule has 1 aromatic heterocycles. The van der Waals surface area contributed by atoms with Crippen LogP contribution in [-0.2, 0) is 6.42 Å². The summed E-state index contributed by atoms with van der Waals surface area (Å²) in [5.41, 5.74) is 0.198. The Hall–Kier alpha value is -1.78. The molecule has 0 fully saturated rings. The Balaban J connectivity index is 2.44. The van der Waals surface area contributed by atoms with Crippen LogP contribution in [0.5, 0.6) is 0 Å². The molecule has 0 N–H and O–H groups in total. The minimum atomic E-state index is -0.650. The van der Waals surface area contributed by atoms with E-state index in [1.807, 2.05) is 6.92 Å². The van der Waals surface area contributed by atoms with Gasteiger partial charge in [-0.1, -0.05) is 6.92 Å². The van der Waals surface area contributed by atoms with Crippen LogP contribution in [0.3, 0.4) is 0 Å². The van der Waals surface area contributed by atoms with Crippen molar-refractivity contribution in [3.63, 3.8) is 0 Å². The van der Waals surface area contributed by atoms with E-state index in [0.717, 1.165) is 6.07 Å². The highest BCUT2D eigenvalue weighted by Gasteiger charge is 2.07. The highest BCUT2D eigenvalue weighted by Crippen LogP contribution is 2.13. The Morgan fingerprint density at radius 3 is 2.73 bits per heavy atom. The zero-order chi connectivity index (χ0) is 10.8. The van der Waals surface area contributed by atoms with Gasteiger partial charge < -0.3 is 0 Å². The van der Waals surface area contributed by atoms with Crippen LogP contribution in [0.4, 0.5) is 8.78 Å². The maximum absolute atomic E-state index is 13.3. The van der Waals surface area contributed by atoms with Gasteiger partial charge >= 0.3 is 0 Å². The van der Waals surface area contributed by atoms with Crippen LogP contribution in [0.1, 0.15) is 12.7 Å². The normalized spacial score (nSPS) is 10.6. The van der Waals surface area contributed by atoms with Crippen molar-refractivity contribution >= 4 is 0 Å².